The van der Waals surface area contributed by atoms with E-state index in [4.69, 9.17) is 0 Å². The van der Waals surface area contributed by atoms with Crippen molar-refractivity contribution in [2.24, 2.45) is 0 Å². The first-order valence-electron chi connectivity index (χ1n) is 9.85. The van der Waals surface area contributed by atoms with E-state index in [-0.39, 0.29) is 36.0 Å². The van der Waals surface area contributed by atoms with Gasteiger partial charge in [-0.2, -0.15) is 0 Å². The molecule has 2 amide bonds. The Balaban J connectivity index is 1.53. The van der Waals surface area contributed by atoms with Gasteiger partial charge in [0.1, 0.15) is 0 Å². The zero-order valence-electron chi connectivity index (χ0n) is 16.8. The average Bonchev–Trinajstić information content (AvgIpc) is 3.01. The van der Waals surface area contributed by atoms with Crippen LogP contribution in [0.25, 0.3) is 0 Å². The zero-order valence-corrected chi connectivity index (χ0v) is 16.8. The Morgan fingerprint density at radius 1 is 0.677 bits per heavy atom. The summed E-state index contributed by atoms with van der Waals surface area (Å²) in [6.45, 7) is 1.90. The molecular weight excluding hydrogens is 404 g/mol. The molecule has 0 spiro atoms. The highest BCUT2D eigenvalue weighted by Crippen LogP contribution is 2.15. The summed E-state index contributed by atoms with van der Waals surface area (Å²) in [7, 11) is 0. The summed E-state index contributed by atoms with van der Waals surface area (Å²) < 4.78 is 0. The summed E-state index contributed by atoms with van der Waals surface area (Å²) in [5.41, 5.74) is 1.36. The Kier molecular flexibility index (Phi) is 6.91. The van der Waals surface area contributed by atoms with E-state index < -0.39 is 9.85 Å². The molecule has 1 aliphatic rings. The van der Waals surface area contributed by atoms with Crippen molar-refractivity contribution in [3.05, 3.63) is 79.9 Å². The number of rotatable bonds is 6. The molecule has 0 aromatic heterocycles. The minimum Gasteiger partial charge on any atom is -0.341 e. The number of nitro groups is 2. The van der Waals surface area contributed by atoms with Gasteiger partial charge >= 0.3 is 0 Å². The van der Waals surface area contributed by atoms with Crippen LogP contribution in [0.5, 0.6) is 0 Å². The van der Waals surface area contributed by atoms with Crippen molar-refractivity contribution in [1.29, 1.82) is 0 Å². The molecular formula is C21H22N4O6. The molecule has 0 bridgehead atoms. The first-order chi connectivity index (χ1) is 14.8. The first kappa shape index (κ1) is 21.9. The summed E-state index contributed by atoms with van der Waals surface area (Å²) in [5.74, 6) is -0.169. The maximum absolute atomic E-state index is 12.6. The molecule has 10 heteroatoms. The van der Waals surface area contributed by atoms with E-state index in [1.54, 1.807) is 34.1 Å². The van der Waals surface area contributed by atoms with Crippen molar-refractivity contribution in [3.8, 4) is 0 Å². The van der Waals surface area contributed by atoms with Gasteiger partial charge in [0.05, 0.1) is 22.7 Å². The summed E-state index contributed by atoms with van der Waals surface area (Å²) in [6.07, 6.45) is 0.946. The van der Waals surface area contributed by atoms with Gasteiger partial charge in [-0.1, -0.05) is 24.3 Å². The van der Waals surface area contributed by atoms with Crippen LogP contribution in [0.15, 0.2) is 48.5 Å². The lowest BCUT2D eigenvalue weighted by Crippen LogP contribution is -2.38. The molecule has 1 aliphatic heterocycles. The summed E-state index contributed by atoms with van der Waals surface area (Å²) in [6, 6.07) is 11.8. The standard InChI is InChI=1S/C21H22N4O6/c26-20(14-16-2-6-18(7-3-16)24(28)29)22-10-1-11-23(13-12-22)21(27)15-17-4-8-19(9-5-17)25(30)31/h2-9H,1,10-15H2. The van der Waals surface area contributed by atoms with E-state index in [1.165, 1.54) is 24.3 Å². The molecule has 0 radical (unpaired) electrons. The summed E-state index contributed by atoms with van der Waals surface area (Å²) >= 11 is 0. The van der Waals surface area contributed by atoms with Crippen molar-refractivity contribution in [2.75, 3.05) is 26.2 Å². The van der Waals surface area contributed by atoms with Crippen LogP contribution in [0.3, 0.4) is 0 Å². The highest BCUT2D eigenvalue weighted by atomic mass is 16.6. The number of carbonyl (C=O) groups excluding carboxylic acids is 2. The van der Waals surface area contributed by atoms with Crippen molar-refractivity contribution in [2.45, 2.75) is 19.3 Å². The van der Waals surface area contributed by atoms with E-state index in [0.29, 0.717) is 43.7 Å². The van der Waals surface area contributed by atoms with E-state index in [9.17, 15) is 29.8 Å². The maximum atomic E-state index is 12.6. The zero-order chi connectivity index (χ0) is 22.4. The number of nitrogens with zero attached hydrogens (tertiary/aromatic N) is 4. The second-order valence-corrected chi connectivity index (χ2v) is 7.32. The molecule has 2 aromatic carbocycles. The van der Waals surface area contributed by atoms with Gasteiger partial charge in [-0.15, -0.1) is 0 Å². The van der Waals surface area contributed by atoms with Crippen molar-refractivity contribution in [1.82, 2.24) is 9.80 Å². The van der Waals surface area contributed by atoms with Crippen molar-refractivity contribution < 1.29 is 19.4 Å². The highest BCUT2D eigenvalue weighted by Gasteiger charge is 2.22. The Morgan fingerprint density at radius 3 is 1.35 bits per heavy atom. The quantitative estimate of drug-likeness (QED) is 0.515. The van der Waals surface area contributed by atoms with E-state index in [2.05, 4.69) is 0 Å². The second kappa shape index (κ2) is 9.79. The van der Waals surface area contributed by atoms with Crippen LogP contribution in [0.4, 0.5) is 11.4 Å². The third kappa shape index (κ3) is 5.84. The van der Waals surface area contributed by atoms with Crippen LogP contribution in [-0.4, -0.2) is 57.6 Å². The van der Waals surface area contributed by atoms with Gasteiger partial charge in [0.15, 0.2) is 0 Å². The van der Waals surface area contributed by atoms with Crippen LogP contribution in [0.2, 0.25) is 0 Å². The molecule has 1 fully saturated rings. The fourth-order valence-electron chi connectivity index (χ4n) is 3.46. The molecule has 0 aliphatic carbocycles. The van der Waals surface area contributed by atoms with Crippen LogP contribution >= 0.6 is 0 Å². The Hall–Kier alpha value is -3.82. The van der Waals surface area contributed by atoms with Crippen molar-refractivity contribution in [3.63, 3.8) is 0 Å². The normalized spacial score (nSPS) is 14.1. The third-order valence-electron chi connectivity index (χ3n) is 5.21. The van der Waals surface area contributed by atoms with Gasteiger partial charge in [-0.05, 0) is 17.5 Å². The molecule has 162 valence electrons. The van der Waals surface area contributed by atoms with Crippen molar-refractivity contribution >= 4 is 23.2 Å². The summed E-state index contributed by atoms with van der Waals surface area (Å²) in [5, 5.41) is 21.5. The number of hydrogen-bond acceptors (Lipinski definition) is 6. The second-order valence-electron chi connectivity index (χ2n) is 7.32. The Bertz CT molecular complexity index is 895. The molecule has 1 heterocycles. The molecule has 2 aromatic rings. The monoisotopic (exact) mass is 426 g/mol. The number of carbonyl (C=O) groups is 2. The van der Waals surface area contributed by atoms with Crippen LogP contribution in [0, 0.1) is 20.2 Å². The molecule has 1 saturated heterocycles. The van der Waals surface area contributed by atoms with Crippen LogP contribution < -0.4 is 0 Å². The third-order valence-corrected chi connectivity index (χ3v) is 5.21. The predicted octanol–water partition coefficient (Wildman–Crippen LogP) is 2.35. The molecule has 0 atom stereocenters. The lowest BCUT2D eigenvalue weighted by molar-refractivity contribution is -0.385. The van der Waals surface area contributed by atoms with Crippen LogP contribution in [0.1, 0.15) is 17.5 Å². The molecule has 0 N–H and O–H groups in total. The maximum Gasteiger partial charge on any atom is 0.269 e. The minimum absolute atomic E-state index is 0.0202. The molecule has 10 nitrogen and oxygen atoms in total. The minimum atomic E-state index is -0.483. The number of benzene rings is 2. The molecule has 3 rings (SSSR count). The first-order valence-corrected chi connectivity index (χ1v) is 9.85. The van der Waals surface area contributed by atoms with Gasteiger partial charge in [-0.3, -0.25) is 29.8 Å². The predicted molar refractivity (Wildman–Crippen MR) is 111 cm³/mol. The SMILES string of the molecule is O=C(Cc1ccc([N+](=O)[O-])cc1)N1CCCN(C(=O)Cc2ccc([N+](=O)[O-])cc2)CC1. The fourth-order valence-corrected chi connectivity index (χ4v) is 3.46. The van der Waals surface area contributed by atoms with Gasteiger partial charge < -0.3 is 9.80 Å². The molecule has 0 saturated carbocycles. The topological polar surface area (TPSA) is 127 Å². The highest BCUT2D eigenvalue weighted by molar-refractivity contribution is 5.80. The average molecular weight is 426 g/mol. The van der Waals surface area contributed by atoms with Gasteiger partial charge in [0.2, 0.25) is 11.8 Å². The lowest BCUT2D eigenvalue weighted by atomic mass is 10.1. The van der Waals surface area contributed by atoms with E-state index in [0.717, 1.165) is 0 Å². The lowest BCUT2D eigenvalue weighted by Gasteiger charge is -2.22. The number of hydrogen-bond donors (Lipinski definition) is 0. The van der Waals surface area contributed by atoms with E-state index >= 15 is 0 Å². The smallest absolute Gasteiger partial charge is 0.269 e. The van der Waals surface area contributed by atoms with Gasteiger partial charge in [0, 0.05) is 50.4 Å². The Labute approximate surface area is 178 Å². The number of nitro benzene ring substituents is 2. The fraction of sp³-hybridized carbons (Fsp3) is 0.333. The largest absolute Gasteiger partial charge is 0.341 e. The molecule has 0 unspecified atom stereocenters. The van der Waals surface area contributed by atoms with Crippen LogP contribution in [-0.2, 0) is 22.4 Å². The molecule has 31 heavy (non-hydrogen) atoms. The Morgan fingerprint density at radius 2 is 1.03 bits per heavy atom. The van der Waals surface area contributed by atoms with Gasteiger partial charge in [0.25, 0.3) is 11.4 Å². The summed E-state index contributed by atoms with van der Waals surface area (Å²) in [4.78, 5) is 49.2. The van der Waals surface area contributed by atoms with E-state index in [1.807, 2.05) is 0 Å². The number of non-ortho nitro benzene ring substituents is 2. The number of amides is 2. The van der Waals surface area contributed by atoms with Gasteiger partial charge in [-0.25, -0.2) is 0 Å².